The highest BCUT2D eigenvalue weighted by molar-refractivity contribution is 7.09. The highest BCUT2D eigenvalue weighted by Gasteiger charge is 2.09. The van der Waals surface area contributed by atoms with E-state index in [4.69, 9.17) is 11.6 Å². The monoisotopic (exact) mass is 295 g/mol. The first-order valence-electron chi connectivity index (χ1n) is 5.79. The maximum Gasteiger partial charge on any atom is 0.221 e. The molecular weight excluding hydrogens is 282 g/mol. The number of rotatable bonds is 4. The van der Waals surface area contributed by atoms with Gasteiger partial charge < -0.3 is 10.6 Å². The summed E-state index contributed by atoms with van der Waals surface area (Å²) in [6.07, 6.45) is 1.78. The van der Waals surface area contributed by atoms with Crippen molar-refractivity contribution in [2.24, 2.45) is 0 Å². The number of halogens is 1. The predicted molar refractivity (Wildman–Crippen MR) is 79.9 cm³/mol. The van der Waals surface area contributed by atoms with Gasteiger partial charge in [0.05, 0.1) is 16.8 Å². The molecule has 0 aliphatic carbocycles. The molecule has 0 fully saturated rings. The molecule has 6 heteroatoms. The Kier molecular flexibility index (Phi) is 4.39. The van der Waals surface area contributed by atoms with Crippen molar-refractivity contribution >= 4 is 40.2 Å². The van der Waals surface area contributed by atoms with Crippen molar-refractivity contribution in [1.82, 2.24) is 4.98 Å². The summed E-state index contributed by atoms with van der Waals surface area (Å²) in [5, 5.41) is 9.46. The highest BCUT2D eigenvalue weighted by Crippen LogP contribution is 2.28. The smallest absolute Gasteiger partial charge is 0.221 e. The average Bonchev–Trinajstić information content (AvgIpc) is 2.86. The fourth-order valence-corrected chi connectivity index (χ4v) is 2.53. The molecule has 0 radical (unpaired) electrons. The topological polar surface area (TPSA) is 54.0 Å². The fraction of sp³-hybridized carbons (Fsp3) is 0.231. The minimum absolute atomic E-state index is 0.114. The Hall–Kier alpha value is -1.59. The number of nitrogens with one attached hydrogen (secondary N) is 2. The molecule has 1 aromatic heterocycles. The first-order valence-corrected chi connectivity index (χ1v) is 7.05. The molecular formula is C13H14ClN3OS. The maximum absolute atomic E-state index is 11.0. The van der Waals surface area contributed by atoms with Gasteiger partial charge in [-0.3, -0.25) is 4.79 Å². The summed E-state index contributed by atoms with van der Waals surface area (Å²) in [4.78, 5) is 15.2. The lowest BCUT2D eigenvalue weighted by molar-refractivity contribution is -0.114. The molecule has 2 N–H and O–H groups in total. The van der Waals surface area contributed by atoms with E-state index in [-0.39, 0.29) is 11.9 Å². The molecule has 1 atom stereocenters. The number of amides is 1. The fourth-order valence-electron chi connectivity index (χ4n) is 1.66. The number of aromatic nitrogens is 1. The van der Waals surface area contributed by atoms with Crippen LogP contribution >= 0.6 is 22.9 Å². The number of hydrogen-bond donors (Lipinski definition) is 2. The van der Waals surface area contributed by atoms with Crippen LogP contribution in [0.1, 0.15) is 24.9 Å². The number of benzene rings is 1. The van der Waals surface area contributed by atoms with Gasteiger partial charge in [-0.05, 0) is 25.1 Å². The normalized spacial score (nSPS) is 11.9. The summed E-state index contributed by atoms with van der Waals surface area (Å²) in [6, 6.07) is 5.56. The van der Waals surface area contributed by atoms with Crippen molar-refractivity contribution < 1.29 is 4.79 Å². The average molecular weight is 296 g/mol. The molecule has 0 saturated heterocycles. The Morgan fingerprint density at radius 1 is 1.47 bits per heavy atom. The van der Waals surface area contributed by atoms with Gasteiger partial charge in [0.25, 0.3) is 0 Å². The summed E-state index contributed by atoms with van der Waals surface area (Å²) in [5.41, 5.74) is 1.50. The van der Waals surface area contributed by atoms with E-state index < -0.39 is 0 Å². The first-order chi connectivity index (χ1) is 9.06. The van der Waals surface area contributed by atoms with Gasteiger partial charge in [-0.15, -0.1) is 11.3 Å². The second kappa shape index (κ2) is 6.04. The Balaban J connectivity index is 2.10. The van der Waals surface area contributed by atoms with Crippen LogP contribution in [0.25, 0.3) is 0 Å². The van der Waals surface area contributed by atoms with Crippen molar-refractivity contribution in [3.05, 3.63) is 39.8 Å². The highest BCUT2D eigenvalue weighted by atomic mass is 35.5. The third kappa shape index (κ3) is 3.68. The minimum atomic E-state index is -0.140. The van der Waals surface area contributed by atoms with Gasteiger partial charge in [-0.2, -0.15) is 0 Å². The lowest BCUT2D eigenvalue weighted by Crippen LogP contribution is -2.08. The van der Waals surface area contributed by atoms with Gasteiger partial charge in [0.15, 0.2) is 0 Å². The van der Waals surface area contributed by atoms with Crippen LogP contribution in [0, 0.1) is 0 Å². The van der Waals surface area contributed by atoms with Crippen LogP contribution in [-0.4, -0.2) is 10.9 Å². The SMILES string of the molecule is CC(=O)Nc1ccc(NC(C)c2nccs2)cc1Cl. The van der Waals surface area contributed by atoms with Gasteiger partial charge in [0, 0.05) is 24.2 Å². The van der Waals surface area contributed by atoms with Crippen LogP contribution in [0.2, 0.25) is 5.02 Å². The van der Waals surface area contributed by atoms with Crippen LogP contribution in [0.15, 0.2) is 29.8 Å². The van der Waals surface area contributed by atoms with E-state index in [1.807, 2.05) is 18.4 Å². The molecule has 0 bridgehead atoms. The molecule has 2 aromatic rings. The minimum Gasteiger partial charge on any atom is -0.376 e. The summed E-state index contributed by atoms with van der Waals surface area (Å²) in [5.74, 6) is -0.140. The van der Waals surface area contributed by atoms with Crippen molar-refractivity contribution in [3.8, 4) is 0 Å². The summed E-state index contributed by atoms with van der Waals surface area (Å²) >= 11 is 7.72. The molecule has 0 aliphatic rings. The molecule has 100 valence electrons. The summed E-state index contributed by atoms with van der Waals surface area (Å²) < 4.78 is 0. The van der Waals surface area contributed by atoms with Crippen LogP contribution < -0.4 is 10.6 Å². The second-order valence-electron chi connectivity index (χ2n) is 4.11. The van der Waals surface area contributed by atoms with E-state index in [0.29, 0.717) is 10.7 Å². The van der Waals surface area contributed by atoms with E-state index in [1.165, 1.54) is 6.92 Å². The van der Waals surface area contributed by atoms with E-state index in [2.05, 4.69) is 15.6 Å². The van der Waals surface area contributed by atoms with Crippen molar-refractivity contribution in [2.75, 3.05) is 10.6 Å². The van der Waals surface area contributed by atoms with E-state index in [9.17, 15) is 4.79 Å². The molecule has 0 spiro atoms. The van der Waals surface area contributed by atoms with Crippen LogP contribution in [-0.2, 0) is 4.79 Å². The molecule has 0 saturated carbocycles. The predicted octanol–water partition coefficient (Wildman–Crippen LogP) is 3.93. The molecule has 4 nitrogen and oxygen atoms in total. The lowest BCUT2D eigenvalue weighted by Gasteiger charge is -2.14. The van der Waals surface area contributed by atoms with Crippen molar-refractivity contribution in [1.29, 1.82) is 0 Å². The number of thiazole rings is 1. The number of hydrogen-bond acceptors (Lipinski definition) is 4. The van der Waals surface area contributed by atoms with Crippen LogP contribution in [0.4, 0.5) is 11.4 Å². The largest absolute Gasteiger partial charge is 0.376 e. The van der Waals surface area contributed by atoms with E-state index in [1.54, 1.807) is 29.7 Å². The number of anilines is 2. The van der Waals surface area contributed by atoms with Crippen LogP contribution in [0.3, 0.4) is 0 Å². The molecule has 1 unspecified atom stereocenters. The zero-order valence-electron chi connectivity index (χ0n) is 10.6. The van der Waals surface area contributed by atoms with Gasteiger partial charge in [-0.25, -0.2) is 4.98 Å². The van der Waals surface area contributed by atoms with Gasteiger partial charge >= 0.3 is 0 Å². The Bertz CT molecular complexity index is 571. The molecule has 1 heterocycles. The molecule has 2 rings (SSSR count). The third-order valence-electron chi connectivity index (χ3n) is 2.48. The molecule has 0 aliphatic heterocycles. The van der Waals surface area contributed by atoms with E-state index in [0.717, 1.165) is 10.7 Å². The standard InChI is InChI=1S/C13H14ClN3OS/c1-8(13-15-5-6-19-13)16-10-3-4-12(11(14)7-10)17-9(2)18/h3-8,16H,1-2H3,(H,17,18). The van der Waals surface area contributed by atoms with Gasteiger partial charge in [-0.1, -0.05) is 11.6 Å². The first kappa shape index (κ1) is 13.8. The van der Waals surface area contributed by atoms with Crippen molar-refractivity contribution in [2.45, 2.75) is 19.9 Å². The quantitative estimate of drug-likeness (QED) is 0.898. The number of carbonyl (C=O) groups is 1. The van der Waals surface area contributed by atoms with E-state index >= 15 is 0 Å². The molecule has 1 amide bonds. The van der Waals surface area contributed by atoms with Crippen LogP contribution in [0.5, 0.6) is 0 Å². The number of nitrogens with zero attached hydrogens (tertiary/aromatic N) is 1. The maximum atomic E-state index is 11.0. The molecule has 19 heavy (non-hydrogen) atoms. The second-order valence-corrected chi connectivity index (χ2v) is 5.45. The van der Waals surface area contributed by atoms with Gasteiger partial charge in [0.1, 0.15) is 5.01 Å². The summed E-state index contributed by atoms with van der Waals surface area (Å²) in [6.45, 7) is 3.49. The zero-order chi connectivity index (χ0) is 13.8. The Labute approximate surface area is 120 Å². The Morgan fingerprint density at radius 3 is 2.84 bits per heavy atom. The lowest BCUT2D eigenvalue weighted by atomic mass is 10.2. The zero-order valence-corrected chi connectivity index (χ0v) is 12.2. The Morgan fingerprint density at radius 2 is 2.26 bits per heavy atom. The third-order valence-corrected chi connectivity index (χ3v) is 3.76. The molecule has 1 aromatic carbocycles. The van der Waals surface area contributed by atoms with Crippen molar-refractivity contribution in [3.63, 3.8) is 0 Å². The van der Waals surface area contributed by atoms with Gasteiger partial charge in [0.2, 0.25) is 5.91 Å². The number of carbonyl (C=O) groups excluding carboxylic acids is 1. The summed E-state index contributed by atoms with van der Waals surface area (Å²) in [7, 11) is 0.